The van der Waals surface area contributed by atoms with Gasteiger partial charge in [0.05, 0.1) is 17.8 Å². The lowest BCUT2D eigenvalue weighted by molar-refractivity contribution is 0.0944. The van der Waals surface area contributed by atoms with E-state index >= 15 is 0 Å². The van der Waals surface area contributed by atoms with E-state index < -0.39 is 5.82 Å². The van der Waals surface area contributed by atoms with Gasteiger partial charge in [-0.25, -0.2) is 9.37 Å². The predicted molar refractivity (Wildman–Crippen MR) is 113 cm³/mol. The second-order valence-electron chi connectivity index (χ2n) is 6.31. The van der Waals surface area contributed by atoms with Crippen molar-refractivity contribution >= 4 is 28.8 Å². The van der Waals surface area contributed by atoms with Crippen LogP contribution in [-0.2, 0) is 13.2 Å². The van der Waals surface area contributed by atoms with Crippen LogP contribution in [0.25, 0.3) is 10.6 Å². The zero-order chi connectivity index (χ0) is 20.9. The van der Waals surface area contributed by atoms with Crippen LogP contribution in [0, 0.1) is 5.82 Å². The van der Waals surface area contributed by atoms with E-state index in [2.05, 4.69) is 10.3 Å². The highest BCUT2D eigenvalue weighted by atomic mass is 35.5. The summed E-state index contributed by atoms with van der Waals surface area (Å²) < 4.78 is 24.7. The summed E-state index contributed by atoms with van der Waals surface area (Å²) in [6.07, 6.45) is 1.56. The molecule has 1 N–H and O–H groups in total. The molecule has 152 valence electrons. The Balaban J connectivity index is 1.37. The summed E-state index contributed by atoms with van der Waals surface area (Å²) in [6, 6.07) is 15.3. The lowest BCUT2D eigenvalue weighted by Crippen LogP contribution is -2.22. The minimum Gasteiger partial charge on any atom is -0.489 e. The normalized spacial score (nSPS) is 10.7. The Morgan fingerprint density at radius 3 is 2.73 bits per heavy atom. The van der Waals surface area contributed by atoms with Gasteiger partial charge in [0, 0.05) is 16.5 Å². The fourth-order valence-electron chi connectivity index (χ4n) is 2.70. The zero-order valence-electron chi connectivity index (χ0n) is 15.6. The molecule has 0 unspecified atom stereocenters. The molecule has 0 saturated carbocycles. The highest BCUT2D eigenvalue weighted by Crippen LogP contribution is 2.27. The van der Waals surface area contributed by atoms with Gasteiger partial charge in [-0.3, -0.25) is 4.79 Å². The molecule has 0 bridgehead atoms. The minimum atomic E-state index is -0.403. The second-order valence-corrected chi connectivity index (χ2v) is 7.58. The van der Waals surface area contributed by atoms with Crippen molar-refractivity contribution < 1.29 is 18.3 Å². The number of amides is 1. The number of nitrogens with zero attached hydrogens (tertiary/aromatic N) is 1. The van der Waals surface area contributed by atoms with Crippen molar-refractivity contribution in [3.05, 3.63) is 94.1 Å². The standard InChI is InChI=1S/C22H16ClFN2O3S/c23-18-4-1-5-19(24)17(18)12-29-15-8-6-14(7-9-15)22-26-20(13-30-22)21(27)25-11-16-3-2-10-28-16/h1-10,13H,11-12H2,(H,25,27). The first kappa shape index (κ1) is 20.1. The van der Waals surface area contributed by atoms with Crippen LogP contribution in [0.15, 0.2) is 70.7 Å². The topological polar surface area (TPSA) is 64.4 Å². The van der Waals surface area contributed by atoms with Crippen LogP contribution in [-0.4, -0.2) is 10.9 Å². The number of aromatic nitrogens is 1. The first-order valence-corrected chi connectivity index (χ1v) is 10.3. The maximum Gasteiger partial charge on any atom is 0.271 e. The molecule has 0 aliphatic rings. The van der Waals surface area contributed by atoms with Gasteiger partial charge in [0.15, 0.2) is 0 Å². The summed E-state index contributed by atoms with van der Waals surface area (Å²) in [5.74, 6) is 0.576. The van der Waals surface area contributed by atoms with Crippen molar-refractivity contribution in [3.8, 4) is 16.3 Å². The number of rotatable bonds is 7. The molecule has 2 heterocycles. The average Bonchev–Trinajstić information content (AvgIpc) is 3.44. The number of benzene rings is 2. The number of hydrogen-bond acceptors (Lipinski definition) is 5. The van der Waals surface area contributed by atoms with Gasteiger partial charge in [0.1, 0.15) is 34.6 Å². The summed E-state index contributed by atoms with van der Waals surface area (Å²) in [5, 5.41) is 5.51. The van der Waals surface area contributed by atoms with Crippen LogP contribution < -0.4 is 10.1 Å². The van der Waals surface area contributed by atoms with E-state index in [4.69, 9.17) is 20.8 Å². The first-order valence-electron chi connectivity index (χ1n) is 9.02. The molecule has 2 aromatic heterocycles. The Bertz CT molecular complexity index is 1120. The van der Waals surface area contributed by atoms with Crippen LogP contribution in [0.2, 0.25) is 5.02 Å². The minimum absolute atomic E-state index is 0.0299. The molecule has 0 aliphatic carbocycles. The molecule has 0 fully saturated rings. The number of carbonyl (C=O) groups excluding carboxylic acids is 1. The number of nitrogens with one attached hydrogen (secondary N) is 1. The summed E-state index contributed by atoms with van der Waals surface area (Å²) in [7, 11) is 0. The van der Waals surface area contributed by atoms with Crippen LogP contribution >= 0.6 is 22.9 Å². The number of furan rings is 1. The molecule has 5 nitrogen and oxygen atoms in total. The van der Waals surface area contributed by atoms with Gasteiger partial charge in [-0.1, -0.05) is 17.7 Å². The van der Waals surface area contributed by atoms with Crippen molar-refractivity contribution in [3.63, 3.8) is 0 Å². The van der Waals surface area contributed by atoms with Gasteiger partial charge in [0.2, 0.25) is 0 Å². The van der Waals surface area contributed by atoms with Crippen molar-refractivity contribution in [1.82, 2.24) is 10.3 Å². The Kier molecular flexibility index (Phi) is 6.11. The van der Waals surface area contributed by atoms with Crippen LogP contribution in [0.3, 0.4) is 0 Å². The second kappa shape index (κ2) is 9.11. The Labute approximate surface area is 181 Å². The highest BCUT2D eigenvalue weighted by molar-refractivity contribution is 7.13. The third kappa shape index (κ3) is 4.69. The lowest BCUT2D eigenvalue weighted by atomic mass is 10.2. The molecule has 0 spiro atoms. The summed E-state index contributed by atoms with van der Waals surface area (Å²) in [5.41, 5.74) is 1.51. The van der Waals surface area contributed by atoms with Crippen LogP contribution in [0.4, 0.5) is 4.39 Å². The third-order valence-electron chi connectivity index (χ3n) is 4.29. The van der Waals surface area contributed by atoms with E-state index in [0.29, 0.717) is 39.3 Å². The molecule has 0 atom stereocenters. The van der Waals surface area contributed by atoms with Crippen LogP contribution in [0.1, 0.15) is 21.8 Å². The van der Waals surface area contributed by atoms with E-state index in [0.717, 1.165) is 5.56 Å². The Hall–Kier alpha value is -3.16. The molecule has 2 aromatic carbocycles. The first-order chi connectivity index (χ1) is 14.6. The monoisotopic (exact) mass is 442 g/mol. The van der Waals surface area contributed by atoms with Crippen molar-refractivity contribution in [1.29, 1.82) is 0 Å². The van der Waals surface area contributed by atoms with E-state index in [-0.39, 0.29) is 12.5 Å². The quantitative estimate of drug-likeness (QED) is 0.398. The Morgan fingerprint density at radius 1 is 1.17 bits per heavy atom. The molecule has 4 aromatic rings. The number of halogens is 2. The molecular formula is C22H16ClFN2O3S. The molecular weight excluding hydrogens is 427 g/mol. The van der Waals surface area contributed by atoms with E-state index in [1.165, 1.54) is 17.4 Å². The van der Waals surface area contributed by atoms with E-state index in [9.17, 15) is 9.18 Å². The van der Waals surface area contributed by atoms with Gasteiger partial charge in [-0.05, 0) is 48.5 Å². The number of hydrogen-bond donors (Lipinski definition) is 1. The maximum atomic E-state index is 13.8. The summed E-state index contributed by atoms with van der Waals surface area (Å²) in [4.78, 5) is 16.6. The summed E-state index contributed by atoms with van der Waals surface area (Å²) >= 11 is 7.39. The smallest absolute Gasteiger partial charge is 0.271 e. The van der Waals surface area contributed by atoms with Gasteiger partial charge in [-0.15, -0.1) is 11.3 Å². The number of ether oxygens (including phenoxy) is 1. The molecule has 0 aliphatic heterocycles. The predicted octanol–water partition coefficient (Wildman–Crippen LogP) is 5.70. The van der Waals surface area contributed by atoms with Gasteiger partial charge in [0.25, 0.3) is 5.91 Å². The van der Waals surface area contributed by atoms with Gasteiger partial charge in [-0.2, -0.15) is 0 Å². The number of thiazole rings is 1. The van der Waals surface area contributed by atoms with Crippen LogP contribution in [0.5, 0.6) is 5.75 Å². The molecule has 0 saturated heterocycles. The molecule has 8 heteroatoms. The largest absolute Gasteiger partial charge is 0.489 e. The Morgan fingerprint density at radius 2 is 2.00 bits per heavy atom. The molecule has 0 radical (unpaired) electrons. The SMILES string of the molecule is O=C(NCc1ccco1)c1csc(-c2ccc(OCc3c(F)cccc3Cl)cc2)n1. The number of carbonyl (C=O) groups is 1. The lowest BCUT2D eigenvalue weighted by Gasteiger charge is -2.09. The zero-order valence-corrected chi connectivity index (χ0v) is 17.2. The summed E-state index contributed by atoms with van der Waals surface area (Å²) in [6.45, 7) is 0.332. The fourth-order valence-corrected chi connectivity index (χ4v) is 3.72. The van der Waals surface area contributed by atoms with Crippen molar-refractivity contribution in [2.75, 3.05) is 0 Å². The van der Waals surface area contributed by atoms with Crippen molar-refractivity contribution in [2.24, 2.45) is 0 Å². The molecule has 1 amide bonds. The third-order valence-corrected chi connectivity index (χ3v) is 5.53. The van der Waals surface area contributed by atoms with E-state index in [1.54, 1.807) is 48.0 Å². The van der Waals surface area contributed by atoms with Gasteiger partial charge < -0.3 is 14.5 Å². The van der Waals surface area contributed by atoms with E-state index in [1.807, 2.05) is 12.1 Å². The average molecular weight is 443 g/mol. The maximum absolute atomic E-state index is 13.8. The fraction of sp³-hybridized carbons (Fsp3) is 0.0909. The molecule has 30 heavy (non-hydrogen) atoms. The van der Waals surface area contributed by atoms with Gasteiger partial charge >= 0.3 is 0 Å². The molecule has 4 rings (SSSR count). The highest BCUT2D eigenvalue weighted by Gasteiger charge is 2.13. The van der Waals surface area contributed by atoms with Crippen molar-refractivity contribution in [2.45, 2.75) is 13.2 Å².